The second-order valence-corrected chi connectivity index (χ2v) is 5.32. The number of likely N-dealkylation sites (tertiary alicyclic amines) is 1. The van der Waals surface area contributed by atoms with Crippen molar-refractivity contribution >= 4 is 5.97 Å². The predicted octanol–water partition coefficient (Wildman–Crippen LogP) is 2.46. The molecule has 4 heteroatoms. The highest BCUT2D eigenvalue weighted by Gasteiger charge is 2.21. The summed E-state index contributed by atoms with van der Waals surface area (Å²) in [4.78, 5) is 13.6. The number of carbonyl (C=O) groups is 1. The molecule has 1 fully saturated rings. The van der Waals surface area contributed by atoms with Crippen LogP contribution in [0.25, 0.3) is 0 Å². The van der Waals surface area contributed by atoms with Gasteiger partial charge in [-0.1, -0.05) is 0 Å². The van der Waals surface area contributed by atoms with E-state index in [0.717, 1.165) is 17.9 Å². The first kappa shape index (κ1) is 13.1. The minimum atomic E-state index is -0.831. The number of carboxylic acid groups (broad SMARTS) is 1. The number of hydrogen-bond donors (Lipinski definition) is 1. The molecular formula is C14H22N2O2. The third kappa shape index (κ3) is 2.43. The van der Waals surface area contributed by atoms with E-state index in [4.69, 9.17) is 5.11 Å². The molecule has 1 saturated heterocycles. The van der Waals surface area contributed by atoms with Crippen molar-refractivity contribution in [1.82, 2.24) is 9.47 Å². The lowest BCUT2D eigenvalue weighted by Crippen LogP contribution is -2.28. The number of aromatic nitrogens is 1. The van der Waals surface area contributed by atoms with Crippen LogP contribution in [-0.2, 0) is 0 Å². The molecule has 1 N–H and O–H groups in total. The monoisotopic (exact) mass is 250 g/mol. The summed E-state index contributed by atoms with van der Waals surface area (Å²) in [6.45, 7) is 9.42. The van der Waals surface area contributed by atoms with Gasteiger partial charge in [0.2, 0.25) is 0 Å². The number of aromatic carboxylic acids is 1. The van der Waals surface area contributed by atoms with Crippen molar-refractivity contribution < 1.29 is 9.90 Å². The summed E-state index contributed by atoms with van der Waals surface area (Å²) in [5, 5.41) is 9.15. The number of carboxylic acids is 1. The lowest BCUT2D eigenvalue weighted by Gasteiger charge is -2.24. The molecule has 1 aliphatic rings. The molecular weight excluding hydrogens is 228 g/mol. The second-order valence-electron chi connectivity index (χ2n) is 5.32. The summed E-state index contributed by atoms with van der Waals surface area (Å²) in [5.74, 6) is -0.831. The van der Waals surface area contributed by atoms with Gasteiger partial charge in [-0.15, -0.1) is 0 Å². The Balaban J connectivity index is 2.18. The van der Waals surface area contributed by atoms with Crippen molar-refractivity contribution in [3.05, 3.63) is 23.0 Å². The standard InChI is InChI=1S/C14H22N2O2/c1-10-8-13(14(17)18)12(3)16(10)11(2)9-15-6-4-5-7-15/h8,11H,4-7,9H2,1-3H3,(H,17,18). The molecule has 100 valence electrons. The van der Waals surface area contributed by atoms with E-state index in [1.165, 1.54) is 25.9 Å². The van der Waals surface area contributed by atoms with Crippen LogP contribution in [0.15, 0.2) is 6.07 Å². The summed E-state index contributed by atoms with van der Waals surface area (Å²) in [6, 6.07) is 2.11. The van der Waals surface area contributed by atoms with E-state index in [1.807, 2.05) is 13.8 Å². The van der Waals surface area contributed by atoms with Crippen LogP contribution in [0.4, 0.5) is 0 Å². The molecule has 4 nitrogen and oxygen atoms in total. The molecule has 0 radical (unpaired) electrons. The minimum absolute atomic E-state index is 0.330. The molecule has 0 aromatic carbocycles. The van der Waals surface area contributed by atoms with Crippen LogP contribution in [0.2, 0.25) is 0 Å². The maximum atomic E-state index is 11.1. The lowest BCUT2D eigenvalue weighted by atomic mass is 10.2. The fraction of sp³-hybridized carbons (Fsp3) is 0.643. The number of nitrogens with zero attached hydrogens (tertiary/aromatic N) is 2. The number of aryl methyl sites for hydroxylation is 1. The smallest absolute Gasteiger partial charge is 0.337 e. The fourth-order valence-electron chi connectivity index (χ4n) is 3.09. The van der Waals surface area contributed by atoms with Gasteiger partial charge in [0, 0.05) is 24.0 Å². The molecule has 1 unspecified atom stereocenters. The van der Waals surface area contributed by atoms with Gasteiger partial charge >= 0.3 is 5.97 Å². The van der Waals surface area contributed by atoms with E-state index >= 15 is 0 Å². The average molecular weight is 250 g/mol. The van der Waals surface area contributed by atoms with Crippen LogP contribution < -0.4 is 0 Å². The molecule has 1 aromatic heterocycles. The Bertz CT molecular complexity index is 445. The first-order chi connectivity index (χ1) is 8.50. The van der Waals surface area contributed by atoms with E-state index in [2.05, 4.69) is 16.4 Å². The molecule has 0 amide bonds. The minimum Gasteiger partial charge on any atom is -0.478 e. The van der Waals surface area contributed by atoms with Crippen LogP contribution in [0.5, 0.6) is 0 Å². The third-order valence-electron chi connectivity index (χ3n) is 3.88. The lowest BCUT2D eigenvalue weighted by molar-refractivity contribution is 0.0696. The predicted molar refractivity (Wildman–Crippen MR) is 71.3 cm³/mol. The van der Waals surface area contributed by atoms with Gasteiger partial charge in [0.25, 0.3) is 0 Å². The highest BCUT2D eigenvalue weighted by Crippen LogP contribution is 2.22. The number of rotatable bonds is 4. The van der Waals surface area contributed by atoms with Gasteiger partial charge in [0.1, 0.15) is 0 Å². The zero-order valence-electron chi connectivity index (χ0n) is 11.4. The normalized spacial score (nSPS) is 18.2. The topological polar surface area (TPSA) is 45.5 Å². The van der Waals surface area contributed by atoms with Crippen molar-refractivity contribution in [3.63, 3.8) is 0 Å². The maximum Gasteiger partial charge on any atom is 0.337 e. The molecule has 18 heavy (non-hydrogen) atoms. The van der Waals surface area contributed by atoms with Gasteiger partial charge < -0.3 is 14.6 Å². The van der Waals surface area contributed by atoms with Crippen LogP contribution in [0, 0.1) is 13.8 Å². The van der Waals surface area contributed by atoms with E-state index in [-0.39, 0.29) is 0 Å². The van der Waals surface area contributed by atoms with E-state index in [0.29, 0.717) is 11.6 Å². The second kappa shape index (κ2) is 5.14. The van der Waals surface area contributed by atoms with E-state index in [1.54, 1.807) is 6.07 Å². The summed E-state index contributed by atoms with van der Waals surface area (Å²) >= 11 is 0. The summed E-state index contributed by atoms with van der Waals surface area (Å²) in [6.07, 6.45) is 2.58. The molecule has 0 aliphatic carbocycles. The first-order valence-electron chi connectivity index (χ1n) is 6.64. The van der Waals surface area contributed by atoms with Crippen molar-refractivity contribution in [3.8, 4) is 0 Å². The molecule has 0 bridgehead atoms. The van der Waals surface area contributed by atoms with Crippen molar-refractivity contribution in [2.24, 2.45) is 0 Å². The molecule has 1 atom stereocenters. The Morgan fingerprint density at radius 1 is 1.39 bits per heavy atom. The van der Waals surface area contributed by atoms with Crippen molar-refractivity contribution in [2.45, 2.75) is 39.7 Å². The Morgan fingerprint density at radius 3 is 2.50 bits per heavy atom. The van der Waals surface area contributed by atoms with Crippen LogP contribution >= 0.6 is 0 Å². The average Bonchev–Trinajstić information content (AvgIpc) is 2.86. The van der Waals surface area contributed by atoms with Gasteiger partial charge in [-0.05, 0) is 52.8 Å². The Morgan fingerprint density at radius 2 is 2.00 bits per heavy atom. The van der Waals surface area contributed by atoms with E-state index in [9.17, 15) is 4.79 Å². The third-order valence-corrected chi connectivity index (χ3v) is 3.88. The van der Waals surface area contributed by atoms with Crippen LogP contribution in [-0.4, -0.2) is 40.2 Å². The summed E-state index contributed by atoms with van der Waals surface area (Å²) < 4.78 is 2.15. The maximum absolute atomic E-state index is 11.1. The number of hydrogen-bond acceptors (Lipinski definition) is 2. The Hall–Kier alpha value is -1.29. The summed E-state index contributed by atoms with van der Waals surface area (Å²) in [7, 11) is 0. The fourth-order valence-corrected chi connectivity index (χ4v) is 3.09. The van der Waals surface area contributed by atoms with Crippen molar-refractivity contribution in [2.75, 3.05) is 19.6 Å². The molecule has 0 saturated carbocycles. The molecule has 2 heterocycles. The van der Waals surface area contributed by atoms with Gasteiger partial charge in [0.15, 0.2) is 0 Å². The molecule has 1 aromatic rings. The zero-order chi connectivity index (χ0) is 13.3. The summed E-state index contributed by atoms with van der Waals surface area (Å²) in [5.41, 5.74) is 2.34. The largest absolute Gasteiger partial charge is 0.478 e. The van der Waals surface area contributed by atoms with Crippen LogP contribution in [0.3, 0.4) is 0 Å². The highest BCUT2D eigenvalue weighted by atomic mass is 16.4. The van der Waals surface area contributed by atoms with Gasteiger partial charge in [-0.3, -0.25) is 0 Å². The highest BCUT2D eigenvalue weighted by molar-refractivity contribution is 5.89. The quantitative estimate of drug-likeness (QED) is 0.892. The van der Waals surface area contributed by atoms with Gasteiger partial charge in [-0.25, -0.2) is 4.79 Å². The van der Waals surface area contributed by atoms with Crippen LogP contribution in [0.1, 0.15) is 47.6 Å². The first-order valence-corrected chi connectivity index (χ1v) is 6.64. The van der Waals surface area contributed by atoms with Gasteiger partial charge in [0.05, 0.1) is 5.56 Å². The SMILES string of the molecule is Cc1cc(C(=O)O)c(C)n1C(C)CN1CCCC1. The Kier molecular flexibility index (Phi) is 3.76. The zero-order valence-corrected chi connectivity index (χ0v) is 11.4. The Labute approximate surface area is 108 Å². The van der Waals surface area contributed by atoms with Crippen molar-refractivity contribution in [1.29, 1.82) is 0 Å². The molecule has 2 rings (SSSR count). The van der Waals surface area contributed by atoms with E-state index < -0.39 is 5.97 Å². The molecule has 0 spiro atoms. The van der Waals surface area contributed by atoms with Gasteiger partial charge in [-0.2, -0.15) is 0 Å². The molecule has 1 aliphatic heterocycles.